The second-order valence-corrected chi connectivity index (χ2v) is 5.66. The first-order valence-electron chi connectivity index (χ1n) is 6.90. The van der Waals surface area contributed by atoms with Crippen LogP contribution in [0.25, 0.3) is 0 Å². The third-order valence-corrected chi connectivity index (χ3v) is 2.82. The van der Waals surface area contributed by atoms with Crippen molar-refractivity contribution in [1.29, 1.82) is 0 Å². The molecule has 0 aliphatic rings. The summed E-state index contributed by atoms with van der Waals surface area (Å²) in [5, 5.41) is 3.52. The fraction of sp³-hybridized carbons (Fsp3) is 0.867. The normalized spacial score (nSPS) is 11.8. The van der Waals surface area contributed by atoms with E-state index in [9.17, 15) is 0 Å². The van der Waals surface area contributed by atoms with Crippen molar-refractivity contribution < 1.29 is 0 Å². The molecule has 0 aromatic rings. The van der Waals surface area contributed by atoms with Crippen molar-refractivity contribution in [2.75, 3.05) is 26.2 Å². The van der Waals surface area contributed by atoms with Crippen molar-refractivity contribution >= 4 is 0 Å². The van der Waals surface area contributed by atoms with Gasteiger partial charge in [-0.15, -0.1) is 6.42 Å². The van der Waals surface area contributed by atoms with Crippen molar-refractivity contribution in [3.8, 4) is 12.3 Å². The lowest BCUT2D eigenvalue weighted by molar-refractivity contribution is 0.313. The first-order valence-corrected chi connectivity index (χ1v) is 6.90. The van der Waals surface area contributed by atoms with Crippen molar-refractivity contribution in [2.45, 2.75) is 58.9 Å². The molecule has 0 bridgehead atoms. The van der Waals surface area contributed by atoms with Gasteiger partial charge in [-0.25, -0.2) is 0 Å². The second-order valence-electron chi connectivity index (χ2n) is 5.66. The Hall–Kier alpha value is -0.520. The molecule has 0 atom stereocenters. The summed E-state index contributed by atoms with van der Waals surface area (Å²) in [7, 11) is 0. The first-order chi connectivity index (χ1) is 7.99. The molecule has 0 unspecified atom stereocenters. The molecule has 0 aliphatic heterocycles. The Morgan fingerprint density at radius 2 is 1.76 bits per heavy atom. The van der Waals surface area contributed by atoms with Crippen LogP contribution in [-0.4, -0.2) is 36.6 Å². The smallest absolute Gasteiger partial charge is 0.0598 e. The van der Waals surface area contributed by atoms with Crippen LogP contribution in [0, 0.1) is 12.3 Å². The van der Waals surface area contributed by atoms with Crippen LogP contribution in [0.2, 0.25) is 0 Å². The number of hydrogen-bond acceptors (Lipinski definition) is 2. The highest BCUT2D eigenvalue weighted by atomic mass is 15.1. The molecular formula is C15H30N2. The zero-order valence-electron chi connectivity index (χ0n) is 12.2. The van der Waals surface area contributed by atoms with Gasteiger partial charge < -0.3 is 5.32 Å². The number of nitrogens with one attached hydrogen (secondary N) is 1. The van der Waals surface area contributed by atoms with Crippen LogP contribution in [0.5, 0.6) is 0 Å². The summed E-state index contributed by atoms with van der Waals surface area (Å²) in [6, 6.07) is 0. The summed E-state index contributed by atoms with van der Waals surface area (Å²) >= 11 is 0. The van der Waals surface area contributed by atoms with Gasteiger partial charge in [-0.05, 0) is 53.2 Å². The van der Waals surface area contributed by atoms with E-state index in [1.807, 2.05) is 0 Å². The van der Waals surface area contributed by atoms with E-state index in [4.69, 9.17) is 6.42 Å². The summed E-state index contributed by atoms with van der Waals surface area (Å²) in [4.78, 5) is 2.33. The predicted molar refractivity (Wildman–Crippen MR) is 77.2 cm³/mol. The lowest BCUT2D eigenvalue weighted by atomic mass is 10.1. The Balaban J connectivity index is 3.32. The molecule has 0 aliphatic carbocycles. The van der Waals surface area contributed by atoms with Gasteiger partial charge in [0, 0.05) is 5.54 Å². The molecule has 1 N–H and O–H groups in total. The summed E-state index contributed by atoms with van der Waals surface area (Å²) in [6.07, 6.45) is 10.5. The van der Waals surface area contributed by atoms with Gasteiger partial charge in [0.1, 0.15) is 0 Å². The molecular weight excluding hydrogens is 208 g/mol. The molecule has 0 fully saturated rings. The van der Waals surface area contributed by atoms with E-state index in [0.29, 0.717) is 0 Å². The zero-order chi connectivity index (χ0) is 13.1. The standard InChI is InChI=1S/C15H30N2/c1-6-13-17(7-2)14-11-9-8-10-12-16-15(3,4)5/h1,16H,7-14H2,2-5H3. The zero-order valence-corrected chi connectivity index (χ0v) is 12.2. The predicted octanol–water partition coefficient (Wildman–Crippen LogP) is 2.89. The fourth-order valence-electron chi connectivity index (χ4n) is 1.76. The Morgan fingerprint density at radius 1 is 1.12 bits per heavy atom. The molecule has 0 aromatic heterocycles. The summed E-state index contributed by atoms with van der Waals surface area (Å²) < 4.78 is 0. The number of hydrogen-bond donors (Lipinski definition) is 1. The van der Waals surface area contributed by atoms with Gasteiger partial charge in [-0.3, -0.25) is 4.90 Å². The molecule has 0 amide bonds. The van der Waals surface area contributed by atoms with E-state index in [-0.39, 0.29) is 5.54 Å². The highest BCUT2D eigenvalue weighted by Crippen LogP contribution is 2.03. The van der Waals surface area contributed by atoms with E-state index in [2.05, 4.69) is 43.8 Å². The van der Waals surface area contributed by atoms with Crippen molar-refractivity contribution in [3.05, 3.63) is 0 Å². The minimum Gasteiger partial charge on any atom is -0.312 e. The van der Waals surface area contributed by atoms with Gasteiger partial charge in [0.05, 0.1) is 6.54 Å². The molecule has 0 saturated carbocycles. The SMILES string of the molecule is C#CCN(CC)CCCCCCNC(C)(C)C. The minimum atomic E-state index is 0.256. The number of terminal acetylenes is 1. The molecule has 100 valence electrons. The Kier molecular flexibility index (Phi) is 9.21. The van der Waals surface area contributed by atoms with Crippen LogP contribution in [0.4, 0.5) is 0 Å². The molecule has 0 saturated heterocycles. The third-order valence-electron chi connectivity index (χ3n) is 2.82. The van der Waals surface area contributed by atoms with Crippen LogP contribution in [0.15, 0.2) is 0 Å². The molecule has 0 aromatic carbocycles. The lowest BCUT2D eigenvalue weighted by Crippen LogP contribution is -2.36. The van der Waals surface area contributed by atoms with Gasteiger partial charge >= 0.3 is 0 Å². The van der Waals surface area contributed by atoms with Gasteiger partial charge in [-0.1, -0.05) is 25.7 Å². The molecule has 2 nitrogen and oxygen atoms in total. The molecule has 17 heavy (non-hydrogen) atoms. The number of nitrogens with zero attached hydrogens (tertiary/aromatic N) is 1. The van der Waals surface area contributed by atoms with E-state index in [1.165, 1.54) is 25.7 Å². The van der Waals surface area contributed by atoms with Crippen LogP contribution < -0.4 is 5.32 Å². The van der Waals surface area contributed by atoms with Gasteiger partial charge in [-0.2, -0.15) is 0 Å². The van der Waals surface area contributed by atoms with Crippen LogP contribution in [-0.2, 0) is 0 Å². The van der Waals surface area contributed by atoms with Crippen molar-refractivity contribution in [3.63, 3.8) is 0 Å². The number of rotatable bonds is 9. The van der Waals surface area contributed by atoms with E-state index in [1.54, 1.807) is 0 Å². The first kappa shape index (κ1) is 16.5. The van der Waals surface area contributed by atoms with E-state index < -0.39 is 0 Å². The van der Waals surface area contributed by atoms with Crippen LogP contribution in [0.1, 0.15) is 53.4 Å². The molecule has 0 heterocycles. The topological polar surface area (TPSA) is 15.3 Å². The fourth-order valence-corrected chi connectivity index (χ4v) is 1.76. The average molecular weight is 238 g/mol. The van der Waals surface area contributed by atoms with Gasteiger partial charge in [0.15, 0.2) is 0 Å². The Bertz CT molecular complexity index is 210. The highest BCUT2D eigenvalue weighted by Gasteiger charge is 2.06. The lowest BCUT2D eigenvalue weighted by Gasteiger charge is -2.20. The van der Waals surface area contributed by atoms with Gasteiger partial charge in [0.25, 0.3) is 0 Å². The largest absolute Gasteiger partial charge is 0.312 e. The molecule has 0 rings (SSSR count). The highest BCUT2D eigenvalue weighted by molar-refractivity contribution is 4.87. The Morgan fingerprint density at radius 3 is 2.29 bits per heavy atom. The molecule has 0 spiro atoms. The second kappa shape index (κ2) is 9.50. The third kappa shape index (κ3) is 11.7. The van der Waals surface area contributed by atoms with Gasteiger partial charge in [0.2, 0.25) is 0 Å². The maximum absolute atomic E-state index is 5.32. The van der Waals surface area contributed by atoms with Crippen molar-refractivity contribution in [2.24, 2.45) is 0 Å². The van der Waals surface area contributed by atoms with Crippen LogP contribution in [0.3, 0.4) is 0 Å². The van der Waals surface area contributed by atoms with Crippen molar-refractivity contribution in [1.82, 2.24) is 10.2 Å². The molecule has 2 heteroatoms. The molecule has 0 radical (unpaired) electrons. The number of unbranched alkanes of at least 4 members (excludes halogenated alkanes) is 3. The summed E-state index contributed by atoms with van der Waals surface area (Å²) in [6.45, 7) is 12.9. The van der Waals surface area contributed by atoms with Crippen LogP contribution >= 0.6 is 0 Å². The monoisotopic (exact) mass is 238 g/mol. The van der Waals surface area contributed by atoms with E-state index >= 15 is 0 Å². The quantitative estimate of drug-likeness (QED) is 0.491. The van der Waals surface area contributed by atoms with E-state index in [0.717, 1.165) is 26.2 Å². The summed E-state index contributed by atoms with van der Waals surface area (Å²) in [5.74, 6) is 2.71. The summed E-state index contributed by atoms with van der Waals surface area (Å²) in [5.41, 5.74) is 0.256. The maximum atomic E-state index is 5.32. The minimum absolute atomic E-state index is 0.256. The maximum Gasteiger partial charge on any atom is 0.0598 e. The average Bonchev–Trinajstić information content (AvgIpc) is 2.24. The Labute approximate surface area is 108 Å².